The van der Waals surface area contributed by atoms with Gasteiger partial charge in [-0.15, -0.1) is 0 Å². The lowest BCUT2D eigenvalue weighted by Crippen LogP contribution is -2.22. The summed E-state index contributed by atoms with van der Waals surface area (Å²) in [5, 5.41) is 0. The molecule has 0 radical (unpaired) electrons. The summed E-state index contributed by atoms with van der Waals surface area (Å²) in [4.78, 5) is 2.82. The van der Waals surface area contributed by atoms with E-state index < -0.39 is 0 Å². The van der Waals surface area contributed by atoms with Gasteiger partial charge >= 0.3 is 0 Å². The van der Waals surface area contributed by atoms with Crippen LogP contribution < -0.4 is 4.90 Å². The maximum atomic E-state index is 2.82. The highest BCUT2D eigenvalue weighted by Crippen LogP contribution is 2.56. The Hall–Kier alpha value is -4.10. The van der Waals surface area contributed by atoms with Gasteiger partial charge in [-0.3, -0.25) is 0 Å². The van der Waals surface area contributed by atoms with E-state index in [2.05, 4.69) is 111 Å². The second-order valence-electron chi connectivity index (χ2n) is 15.7. The number of hydrogen-bond donors (Lipinski definition) is 0. The molecule has 0 bridgehead atoms. The molecule has 0 saturated heterocycles. The van der Waals surface area contributed by atoms with E-state index in [1.165, 1.54) is 126 Å². The van der Waals surface area contributed by atoms with Gasteiger partial charge in [0.25, 0.3) is 0 Å². The summed E-state index contributed by atoms with van der Waals surface area (Å²) < 4.78 is 0. The van der Waals surface area contributed by atoms with E-state index >= 15 is 0 Å². The number of rotatable bonds is 4. The molecule has 1 heteroatoms. The summed E-state index contributed by atoms with van der Waals surface area (Å²) in [6, 6.07) is 31.4. The van der Waals surface area contributed by atoms with Crippen molar-refractivity contribution in [3.05, 3.63) is 134 Å². The Morgan fingerprint density at radius 2 is 1.00 bits per heavy atom. The molecule has 0 fully saturated rings. The van der Waals surface area contributed by atoms with Gasteiger partial charge < -0.3 is 4.90 Å². The van der Waals surface area contributed by atoms with Crippen LogP contribution in [-0.4, -0.2) is 0 Å². The molecule has 9 rings (SSSR count). The zero-order valence-corrected chi connectivity index (χ0v) is 29.4. The van der Waals surface area contributed by atoms with E-state index in [0.29, 0.717) is 0 Å². The summed E-state index contributed by atoms with van der Waals surface area (Å²) in [7, 11) is 0. The van der Waals surface area contributed by atoms with E-state index in [1.807, 2.05) is 0 Å². The molecule has 4 aliphatic rings. The van der Waals surface area contributed by atoms with E-state index in [0.717, 1.165) is 12.8 Å². The van der Waals surface area contributed by atoms with Crippen molar-refractivity contribution in [2.24, 2.45) is 0 Å². The van der Waals surface area contributed by atoms with Gasteiger partial charge in [0.1, 0.15) is 0 Å². The number of hydrogen-bond acceptors (Lipinski definition) is 1. The normalized spacial score (nSPS) is 17.2. The fourth-order valence-electron chi connectivity index (χ4n) is 10.00. The molecule has 0 heterocycles. The fourth-order valence-corrected chi connectivity index (χ4v) is 10.00. The first-order chi connectivity index (χ1) is 23.4. The lowest BCUT2D eigenvalue weighted by atomic mass is 9.80. The van der Waals surface area contributed by atoms with Crippen LogP contribution in [0.5, 0.6) is 0 Å². The Morgan fingerprint density at radius 1 is 0.458 bits per heavy atom. The SMILES string of the molecule is Cc1ccc2c(c1N(c1cc3c(cc1-c1cccc4c1CCCC4)-c1ccccc1C3(C)C)c1c(C)ccc3c1CCCC3)CCCC2. The monoisotopic (exact) mass is 627 g/mol. The second-order valence-corrected chi connectivity index (χ2v) is 15.7. The van der Waals surface area contributed by atoms with Crippen LogP contribution >= 0.6 is 0 Å². The van der Waals surface area contributed by atoms with Gasteiger partial charge in [-0.1, -0.05) is 80.6 Å². The molecular weight excluding hydrogens is 579 g/mol. The van der Waals surface area contributed by atoms with Crippen molar-refractivity contribution in [2.75, 3.05) is 4.90 Å². The molecule has 0 unspecified atom stereocenters. The molecule has 0 aromatic heterocycles. The lowest BCUT2D eigenvalue weighted by molar-refractivity contribution is 0.660. The van der Waals surface area contributed by atoms with Crippen LogP contribution in [-0.2, 0) is 43.9 Å². The Morgan fingerprint density at radius 3 is 1.65 bits per heavy atom. The smallest absolute Gasteiger partial charge is 0.0544 e. The molecule has 0 saturated carbocycles. The number of aryl methyl sites for hydroxylation is 5. The lowest BCUT2D eigenvalue weighted by Gasteiger charge is -2.38. The van der Waals surface area contributed by atoms with Gasteiger partial charge in [-0.2, -0.15) is 0 Å². The molecule has 48 heavy (non-hydrogen) atoms. The Balaban J connectivity index is 1.43. The number of fused-ring (bicyclic) bond motifs is 6. The van der Waals surface area contributed by atoms with Crippen molar-refractivity contribution in [2.45, 2.75) is 110 Å². The summed E-state index contributed by atoms with van der Waals surface area (Å²) in [5.41, 5.74) is 25.0. The van der Waals surface area contributed by atoms with E-state index in [1.54, 1.807) is 33.4 Å². The first kappa shape index (κ1) is 30.0. The van der Waals surface area contributed by atoms with Gasteiger partial charge in [0.2, 0.25) is 0 Å². The molecule has 0 amide bonds. The van der Waals surface area contributed by atoms with E-state index in [-0.39, 0.29) is 5.41 Å². The average Bonchev–Trinajstić information content (AvgIpc) is 3.34. The van der Waals surface area contributed by atoms with Crippen LogP contribution in [0.2, 0.25) is 0 Å². The van der Waals surface area contributed by atoms with Crippen LogP contribution in [0, 0.1) is 13.8 Å². The summed E-state index contributed by atoms with van der Waals surface area (Å²) in [6.45, 7) is 9.64. The quantitative estimate of drug-likeness (QED) is 0.192. The predicted octanol–water partition coefficient (Wildman–Crippen LogP) is 12.4. The number of benzene rings is 5. The highest BCUT2D eigenvalue weighted by Gasteiger charge is 2.38. The van der Waals surface area contributed by atoms with Crippen molar-refractivity contribution in [3.63, 3.8) is 0 Å². The largest absolute Gasteiger partial charge is 0.309 e. The third kappa shape index (κ3) is 4.57. The van der Waals surface area contributed by atoms with E-state index in [9.17, 15) is 0 Å². The van der Waals surface area contributed by atoms with E-state index in [4.69, 9.17) is 0 Å². The Kier molecular flexibility index (Phi) is 7.19. The minimum atomic E-state index is -0.0721. The summed E-state index contributed by atoms with van der Waals surface area (Å²) in [5.74, 6) is 0. The van der Waals surface area contributed by atoms with Crippen molar-refractivity contribution in [1.82, 2.24) is 0 Å². The van der Waals surface area contributed by atoms with Crippen molar-refractivity contribution >= 4 is 17.1 Å². The summed E-state index contributed by atoms with van der Waals surface area (Å²) >= 11 is 0. The minimum absolute atomic E-state index is 0.0721. The van der Waals surface area contributed by atoms with Crippen LogP contribution in [0.25, 0.3) is 22.3 Å². The second kappa shape index (κ2) is 11.5. The first-order valence-electron chi connectivity index (χ1n) is 18.8. The zero-order chi connectivity index (χ0) is 32.6. The Labute approximate surface area is 288 Å². The highest BCUT2D eigenvalue weighted by atomic mass is 15.2. The molecule has 242 valence electrons. The maximum absolute atomic E-state index is 2.82. The van der Waals surface area contributed by atoms with Gasteiger partial charge in [0.05, 0.1) is 17.1 Å². The van der Waals surface area contributed by atoms with Crippen LogP contribution in [0.4, 0.5) is 17.1 Å². The molecule has 0 aliphatic heterocycles. The van der Waals surface area contributed by atoms with Gasteiger partial charge in [0, 0.05) is 11.0 Å². The number of anilines is 3. The maximum Gasteiger partial charge on any atom is 0.0544 e. The Bertz CT molecular complexity index is 2030. The molecule has 0 N–H and O–H groups in total. The fraction of sp³-hybridized carbons (Fsp3) is 0.362. The molecule has 0 atom stereocenters. The first-order valence-corrected chi connectivity index (χ1v) is 18.8. The third-order valence-electron chi connectivity index (χ3n) is 12.5. The molecule has 5 aromatic rings. The van der Waals surface area contributed by atoms with Crippen molar-refractivity contribution < 1.29 is 0 Å². The topological polar surface area (TPSA) is 3.24 Å². The van der Waals surface area contributed by atoms with Crippen molar-refractivity contribution in [1.29, 1.82) is 0 Å². The third-order valence-corrected chi connectivity index (χ3v) is 12.5. The summed E-state index contributed by atoms with van der Waals surface area (Å²) in [6.07, 6.45) is 14.8. The predicted molar refractivity (Wildman–Crippen MR) is 204 cm³/mol. The van der Waals surface area contributed by atoms with Gasteiger partial charge in [-0.05, 0) is 175 Å². The molecule has 0 spiro atoms. The highest BCUT2D eigenvalue weighted by molar-refractivity contribution is 5.97. The van der Waals surface area contributed by atoms with Gasteiger partial charge in [0.15, 0.2) is 0 Å². The van der Waals surface area contributed by atoms with Crippen LogP contribution in [0.15, 0.2) is 78.9 Å². The number of nitrogens with zero attached hydrogens (tertiary/aromatic N) is 1. The molecule has 5 aromatic carbocycles. The molecule has 1 nitrogen and oxygen atoms in total. The zero-order valence-electron chi connectivity index (χ0n) is 29.4. The van der Waals surface area contributed by atoms with Crippen LogP contribution in [0.1, 0.15) is 108 Å². The average molecular weight is 628 g/mol. The van der Waals surface area contributed by atoms with Crippen LogP contribution in [0.3, 0.4) is 0 Å². The van der Waals surface area contributed by atoms with Gasteiger partial charge in [-0.25, -0.2) is 0 Å². The molecule has 4 aliphatic carbocycles. The van der Waals surface area contributed by atoms with Crippen molar-refractivity contribution in [3.8, 4) is 22.3 Å². The molecular formula is C47H49N. The minimum Gasteiger partial charge on any atom is -0.309 e. The standard InChI is InChI=1S/C47H49N/c1-30-24-26-33-15-6-9-19-36(33)45(30)48(46-31(2)25-27-34-16-7-10-20-37(34)46)44-29-43-40(39-21-11-12-23-42(39)47(43,3)4)28-41(44)38-22-13-17-32-14-5-8-18-35(32)38/h11-13,17,21-29H,5-10,14-16,18-20H2,1-4H3.